The normalized spacial score (nSPS) is 47.0. The fourth-order valence-electron chi connectivity index (χ4n) is 7.26. The molecule has 0 amide bonds. The van der Waals surface area contributed by atoms with Crippen LogP contribution in [0.1, 0.15) is 59.8 Å². The van der Waals surface area contributed by atoms with Crippen LogP contribution in [0.15, 0.2) is 23.8 Å². The second kappa shape index (κ2) is 6.82. The molecule has 0 aromatic carbocycles. The third-order valence-corrected chi connectivity index (χ3v) is 8.91. The van der Waals surface area contributed by atoms with Crippen LogP contribution in [0.2, 0.25) is 0 Å². The summed E-state index contributed by atoms with van der Waals surface area (Å²) in [4.78, 5) is 36.4. The Morgan fingerprint density at radius 3 is 2.58 bits per heavy atom. The Morgan fingerprint density at radius 2 is 1.94 bits per heavy atom. The first-order valence-electron chi connectivity index (χ1n) is 11.1. The molecule has 4 aliphatic carbocycles. The number of allylic oxidation sites excluding steroid dienone is 4. The molecule has 0 aromatic heterocycles. The molecule has 0 heterocycles. The molecule has 0 aliphatic heterocycles. The van der Waals surface area contributed by atoms with Crippen LogP contribution in [-0.2, 0) is 19.1 Å². The van der Waals surface area contributed by atoms with Gasteiger partial charge in [-0.1, -0.05) is 18.6 Å². The Balaban J connectivity index is 1.73. The predicted molar refractivity (Wildman–Crippen MR) is 110 cm³/mol. The smallest absolute Gasteiger partial charge is 0.303 e. The quantitative estimate of drug-likeness (QED) is 0.663. The Bertz CT molecular complexity index is 910. The third kappa shape index (κ3) is 2.72. The van der Waals surface area contributed by atoms with Crippen molar-refractivity contribution in [2.45, 2.75) is 83.3 Å². The van der Waals surface area contributed by atoms with Crippen molar-refractivity contribution >= 4 is 17.5 Å². The Kier molecular flexibility index (Phi) is 4.91. The van der Waals surface area contributed by atoms with Gasteiger partial charge in [-0.15, -0.1) is 0 Å². The van der Waals surface area contributed by atoms with Gasteiger partial charge in [0.25, 0.3) is 0 Å². The van der Waals surface area contributed by atoms with Gasteiger partial charge in [-0.05, 0) is 64.0 Å². The highest BCUT2D eigenvalue weighted by atomic mass is 19.1. The van der Waals surface area contributed by atoms with Crippen LogP contribution in [0.5, 0.6) is 0 Å². The Morgan fingerprint density at radius 1 is 1.26 bits per heavy atom. The average Bonchev–Trinajstić information content (AvgIpc) is 2.94. The molecule has 4 aliphatic rings. The Labute approximate surface area is 181 Å². The summed E-state index contributed by atoms with van der Waals surface area (Å²) in [5.74, 6) is -2.30. The monoisotopic (exact) mass is 434 g/mol. The summed E-state index contributed by atoms with van der Waals surface area (Å²) in [7, 11) is 0. The first-order chi connectivity index (χ1) is 14.3. The standard InChI is InChI=1S/C24H31FO6/c1-13(31-14(2)26)20(29)23(30)10-8-17-18-6-5-15-11-16(27)7-9-21(15,3)24(18,25)19(28)12-22(17,23)4/h7,9,11,13,17-19,28,30H,5-6,8,10,12H2,1-4H3/t13-,17+,18+,19+,21-,22+,23+,24+/m0/s1. The molecule has 3 fully saturated rings. The lowest BCUT2D eigenvalue weighted by Crippen LogP contribution is -2.69. The van der Waals surface area contributed by atoms with E-state index in [0.717, 1.165) is 0 Å². The van der Waals surface area contributed by atoms with Crippen molar-refractivity contribution in [3.8, 4) is 0 Å². The summed E-state index contributed by atoms with van der Waals surface area (Å²) < 4.78 is 22.0. The molecule has 0 radical (unpaired) electrons. The van der Waals surface area contributed by atoms with Gasteiger partial charge in [-0.25, -0.2) is 4.39 Å². The number of aliphatic hydroxyl groups excluding tert-OH is 1. The second-order valence-corrected chi connectivity index (χ2v) is 10.3. The molecule has 7 heteroatoms. The number of halogens is 1. The van der Waals surface area contributed by atoms with Crippen molar-refractivity contribution in [1.29, 1.82) is 0 Å². The first-order valence-corrected chi connectivity index (χ1v) is 11.1. The fourth-order valence-corrected chi connectivity index (χ4v) is 7.26. The number of fused-ring (bicyclic) bond motifs is 5. The number of rotatable bonds is 3. The highest BCUT2D eigenvalue weighted by Crippen LogP contribution is 2.69. The molecule has 0 saturated heterocycles. The van der Waals surface area contributed by atoms with Gasteiger partial charge < -0.3 is 14.9 Å². The van der Waals surface area contributed by atoms with Crippen LogP contribution in [0, 0.1) is 22.7 Å². The summed E-state index contributed by atoms with van der Waals surface area (Å²) in [5, 5.41) is 22.8. The number of ketones is 2. The molecule has 6 nitrogen and oxygen atoms in total. The van der Waals surface area contributed by atoms with Crippen LogP contribution < -0.4 is 0 Å². The van der Waals surface area contributed by atoms with E-state index >= 15 is 4.39 Å². The van der Waals surface area contributed by atoms with E-state index < -0.39 is 52.0 Å². The minimum Gasteiger partial charge on any atom is -0.455 e. The van der Waals surface area contributed by atoms with E-state index in [1.165, 1.54) is 26.0 Å². The molecule has 170 valence electrons. The van der Waals surface area contributed by atoms with Gasteiger partial charge in [-0.3, -0.25) is 14.4 Å². The van der Waals surface area contributed by atoms with Crippen LogP contribution in [0.4, 0.5) is 4.39 Å². The molecule has 4 rings (SSSR count). The summed E-state index contributed by atoms with van der Waals surface area (Å²) in [6, 6.07) is 0. The first kappa shape index (κ1) is 22.3. The van der Waals surface area contributed by atoms with Crippen LogP contribution in [-0.4, -0.2) is 51.2 Å². The maximum absolute atomic E-state index is 17.0. The lowest BCUT2D eigenvalue weighted by molar-refractivity contribution is -0.219. The van der Waals surface area contributed by atoms with Crippen molar-refractivity contribution in [3.05, 3.63) is 23.8 Å². The predicted octanol–water partition coefficient (Wildman–Crippen LogP) is 2.61. The molecule has 2 N–H and O–H groups in total. The number of carbonyl (C=O) groups is 3. The highest BCUT2D eigenvalue weighted by Gasteiger charge is 2.74. The zero-order valence-corrected chi connectivity index (χ0v) is 18.5. The molecule has 0 spiro atoms. The molecular weight excluding hydrogens is 403 g/mol. The summed E-state index contributed by atoms with van der Waals surface area (Å²) >= 11 is 0. The molecule has 31 heavy (non-hydrogen) atoms. The number of carbonyl (C=O) groups excluding carboxylic acids is 3. The SMILES string of the molecule is CC(=O)O[C@@H](C)C(=O)[C@]1(O)CC[C@@H]2[C@H]3CCC4=CC(=O)C=C[C@]4(C)[C@]3(F)[C@H](O)C[C@]21C. The fraction of sp³-hybridized carbons (Fsp3) is 0.708. The topological polar surface area (TPSA) is 101 Å². The van der Waals surface area contributed by atoms with Gasteiger partial charge in [0.05, 0.1) is 6.10 Å². The van der Waals surface area contributed by atoms with E-state index in [2.05, 4.69) is 0 Å². The summed E-state index contributed by atoms with van der Waals surface area (Å²) in [6.07, 6.45) is 3.31. The number of hydrogen-bond acceptors (Lipinski definition) is 6. The van der Waals surface area contributed by atoms with Crippen molar-refractivity contribution in [2.75, 3.05) is 0 Å². The number of alkyl halides is 1. The van der Waals surface area contributed by atoms with Gasteiger partial charge in [0.15, 0.2) is 17.6 Å². The maximum Gasteiger partial charge on any atom is 0.303 e. The number of aliphatic hydroxyl groups is 2. The molecule has 0 bridgehead atoms. The molecule has 0 unspecified atom stereocenters. The van der Waals surface area contributed by atoms with E-state index in [1.54, 1.807) is 19.9 Å². The lowest BCUT2D eigenvalue weighted by atomic mass is 9.44. The third-order valence-electron chi connectivity index (χ3n) is 8.91. The average molecular weight is 435 g/mol. The van der Waals surface area contributed by atoms with Gasteiger partial charge in [0.2, 0.25) is 5.78 Å². The molecular formula is C24H31FO6. The molecule has 8 atom stereocenters. The highest BCUT2D eigenvalue weighted by molar-refractivity contribution is 6.01. The van der Waals surface area contributed by atoms with Gasteiger partial charge in [0.1, 0.15) is 5.60 Å². The van der Waals surface area contributed by atoms with Crippen molar-refractivity contribution in [1.82, 2.24) is 0 Å². The van der Waals surface area contributed by atoms with E-state index in [1.807, 2.05) is 0 Å². The number of hydrogen-bond donors (Lipinski definition) is 2. The van der Waals surface area contributed by atoms with Crippen molar-refractivity contribution in [2.24, 2.45) is 22.7 Å². The van der Waals surface area contributed by atoms with Gasteiger partial charge in [0, 0.05) is 23.7 Å². The zero-order valence-electron chi connectivity index (χ0n) is 18.5. The number of Topliss-reactive ketones (excluding diaryl/α,β-unsaturated/α-hetero) is 1. The number of esters is 1. The van der Waals surface area contributed by atoms with Crippen molar-refractivity contribution in [3.63, 3.8) is 0 Å². The van der Waals surface area contributed by atoms with Gasteiger partial charge in [-0.2, -0.15) is 0 Å². The maximum atomic E-state index is 17.0. The van der Waals surface area contributed by atoms with E-state index in [0.29, 0.717) is 24.8 Å². The van der Waals surface area contributed by atoms with E-state index in [-0.39, 0.29) is 24.5 Å². The van der Waals surface area contributed by atoms with E-state index in [9.17, 15) is 24.6 Å². The van der Waals surface area contributed by atoms with E-state index in [4.69, 9.17) is 4.74 Å². The van der Waals surface area contributed by atoms with Gasteiger partial charge >= 0.3 is 5.97 Å². The number of ether oxygens (including phenoxy) is 1. The molecule has 0 aromatic rings. The minimum absolute atomic E-state index is 0.0929. The minimum atomic E-state index is -2.01. The zero-order chi connectivity index (χ0) is 23.0. The summed E-state index contributed by atoms with van der Waals surface area (Å²) in [5.41, 5.74) is -5.29. The molecule has 3 saturated carbocycles. The van der Waals surface area contributed by atoms with Crippen molar-refractivity contribution < 1.29 is 33.7 Å². The lowest BCUT2D eigenvalue weighted by Gasteiger charge is -2.62. The largest absolute Gasteiger partial charge is 0.455 e. The van der Waals surface area contributed by atoms with Crippen LogP contribution in [0.25, 0.3) is 0 Å². The Hall–Kier alpha value is -1.86. The summed E-state index contributed by atoms with van der Waals surface area (Å²) in [6.45, 7) is 6.11. The second-order valence-electron chi connectivity index (χ2n) is 10.3. The van der Waals surface area contributed by atoms with Crippen LogP contribution >= 0.6 is 0 Å². The van der Waals surface area contributed by atoms with Crippen LogP contribution in [0.3, 0.4) is 0 Å².